The van der Waals surface area contributed by atoms with Crippen molar-refractivity contribution < 1.29 is 14.3 Å². The zero-order valence-corrected chi connectivity index (χ0v) is 14.2. The molecule has 0 aromatic heterocycles. The van der Waals surface area contributed by atoms with Crippen molar-refractivity contribution in [3.05, 3.63) is 29.3 Å². The molecule has 0 bridgehead atoms. The van der Waals surface area contributed by atoms with E-state index in [1.807, 2.05) is 0 Å². The summed E-state index contributed by atoms with van der Waals surface area (Å²) in [5.74, 6) is -0.335. The molecule has 0 aliphatic carbocycles. The molecule has 0 unspecified atom stereocenters. The third kappa shape index (κ3) is 5.31. The number of carbonyl (C=O) groups excluding carboxylic acids is 2. The van der Waals surface area contributed by atoms with Crippen LogP contribution in [0, 0.1) is 0 Å². The van der Waals surface area contributed by atoms with Gasteiger partial charge in [-0.15, -0.1) is 12.4 Å². The number of nitrogens with two attached hydrogens (primary N) is 1. The fourth-order valence-corrected chi connectivity index (χ4v) is 2.11. The van der Waals surface area contributed by atoms with Gasteiger partial charge in [0.05, 0.1) is 11.1 Å². The number of hydrogen-bond acceptors (Lipinski definition) is 4. The molecule has 5 nitrogen and oxygen atoms in total. The molecule has 22 heavy (non-hydrogen) atoms. The summed E-state index contributed by atoms with van der Waals surface area (Å²) in [7, 11) is 0. The third-order valence-electron chi connectivity index (χ3n) is 3.45. The van der Waals surface area contributed by atoms with Gasteiger partial charge in [-0.05, 0) is 25.2 Å². The summed E-state index contributed by atoms with van der Waals surface area (Å²) in [6, 6.07) is 4.91. The van der Waals surface area contributed by atoms with E-state index in [2.05, 4.69) is 18.7 Å². The molecule has 6 heteroatoms. The molecule has 0 spiro atoms. The number of hydrogen-bond donors (Lipinski definition) is 1. The number of carbonyl (C=O) groups is 2. The first-order valence-corrected chi connectivity index (χ1v) is 7.36. The van der Waals surface area contributed by atoms with Crippen LogP contribution in [-0.4, -0.2) is 42.8 Å². The molecule has 0 radical (unpaired) electrons. The van der Waals surface area contributed by atoms with Crippen LogP contribution in [0.1, 0.15) is 47.9 Å². The second-order valence-electron chi connectivity index (χ2n) is 4.70. The number of amides is 1. The standard InChI is InChI=1S/C16H24N2O3.ClH/c1-4-14(19)12-8-7-9-13(16(17)20)15(12)21-11-10-18(5-2)6-3;/h7-9H,4-6,10-11H2,1-3H3,(H2,17,20);1H. The second-order valence-corrected chi connectivity index (χ2v) is 4.70. The Morgan fingerprint density at radius 3 is 2.23 bits per heavy atom. The van der Waals surface area contributed by atoms with Gasteiger partial charge in [-0.2, -0.15) is 0 Å². The van der Waals surface area contributed by atoms with Crippen LogP contribution in [0.3, 0.4) is 0 Å². The quantitative estimate of drug-likeness (QED) is 0.707. The third-order valence-corrected chi connectivity index (χ3v) is 3.45. The first-order valence-electron chi connectivity index (χ1n) is 7.36. The van der Waals surface area contributed by atoms with Crippen LogP contribution in [0.5, 0.6) is 5.75 Å². The van der Waals surface area contributed by atoms with E-state index in [1.165, 1.54) is 0 Å². The smallest absolute Gasteiger partial charge is 0.252 e. The summed E-state index contributed by atoms with van der Waals surface area (Å²) >= 11 is 0. The largest absolute Gasteiger partial charge is 0.491 e. The van der Waals surface area contributed by atoms with Crippen molar-refractivity contribution in [2.75, 3.05) is 26.2 Å². The van der Waals surface area contributed by atoms with Gasteiger partial charge in [0.15, 0.2) is 5.78 Å². The van der Waals surface area contributed by atoms with E-state index in [4.69, 9.17) is 10.5 Å². The van der Waals surface area contributed by atoms with Crippen LogP contribution >= 0.6 is 12.4 Å². The van der Waals surface area contributed by atoms with E-state index < -0.39 is 5.91 Å². The maximum atomic E-state index is 12.0. The molecular formula is C16H25ClN2O3. The second kappa shape index (κ2) is 10.2. The number of ether oxygens (including phenoxy) is 1. The van der Waals surface area contributed by atoms with E-state index in [0.29, 0.717) is 24.3 Å². The van der Waals surface area contributed by atoms with Crippen molar-refractivity contribution >= 4 is 24.1 Å². The molecule has 0 atom stereocenters. The Morgan fingerprint density at radius 1 is 1.14 bits per heavy atom. The number of nitrogens with zero attached hydrogens (tertiary/aromatic N) is 1. The summed E-state index contributed by atoms with van der Waals surface area (Å²) in [6.45, 7) is 8.94. The zero-order chi connectivity index (χ0) is 15.8. The molecule has 1 aromatic carbocycles. The van der Waals surface area contributed by atoms with E-state index in [-0.39, 0.29) is 23.8 Å². The number of ketones is 1. The van der Waals surface area contributed by atoms with E-state index in [1.54, 1.807) is 25.1 Å². The van der Waals surface area contributed by atoms with Gasteiger partial charge in [0.1, 0.15) is 12.4 Å². The number of para-hydroxylation sites is 1. The molecule has 2 N–H and O–H groups in total. The molecule has 0 aliphatic rings. The number of rotatable bonds is 9. The van der Waals surface area contributed by atoms with Crippen molar-refractivity contribution in [2.45, 2.75) is 27.2 Å². The van der Waals surface area contributed by atoms with Gasteiger partial charge in [0.25, 0.3) is 5.91 Å². The Kier molecular flexibility index (Phi) is 9.45. The van der Waals surface area contributed by atoms with Crippen LogP contribution in [0.2, 0.25) is 0 Å². The lowest BCUT2D eigenvalue weighted by atomic mass is 10.0. The molecule has 1 aromatic rings. The Morgan fingerprint density at radius 2 is 1.73 bits per heavy atom. The average molecular weight is 329 g/mol. The van der Waals surface area contributed by atoms with Gasteiger partial charge >= 0.3 is 0 Å². The van der Waals surface area contributed by atoms with E-state index >= 15 is 0 Å². The van der Waals surface area contributed by atoms with Crippen molar-refractivity contribution in [1.29, 1.82) is 0 Å². The van der Waals surface area contributed by atoms with Crippen molar-refractivity contribution in [3.63, 3.8) is 0 Å². The highest BCUT2D eigenvalue weighted by molar-refractivity contribution is 6.04. The van der Waals surface area contributed by atoms with Gasteiger partial charge < -0.3 is 15.4 Å². The minimum Gasteiger partial charge on any atom is -0.491 e. The molecule has 0 fully saturated rings. The number of Topliss-reactive ketones (excluding diaryl/α,β-unsaturated/α-hetero) is 1. The Balaban J connectivity index is 0.00000441. The predicted molar refractivity (Wildman–Crippen MR) is 90.1 cm³/mol. The van der Waals surface area contributed by atoms with E-state index in [9.17, 15) is 9.59 Å². The first kappa shape index (κ1) is 20.4. The van der Waals surface area contributed by atoms with Crippen LogP contribution in [-0.2, 0) is 0 Å². The Bertz CT molecular complexity index is 502. The monoisotopic (exact) mass is 328 g/mol. The molecule has 0 heterocycles. The highest BCUT2D eigenvalue weighted by Crippen LogP contribution is 2.25. The number of likely N-dealkylation sites (N-methyl/N-ethyl adjacent to an activating group) is 1. The topological polar surface area (TPSA) is 72.6 Å². The molecular weight excluding hydrogens is 304 g/mol. The summed E-state index contributed by atoms with van der Waals surface area (Å²) in [5, 5.41) is 0. The maximum absolute atomic E-state index is 12.0. The fraction of sp³-hybridized carbons (Fsp3) is 0.500. The average Bonchev–Trinajstić information content (AvgIpc) is 2.50. The lowest BCUT2D eigenvalue weighted by Crippen LogP contribution is -2.28. The predicted octanol–water partition coefficient (Wildman–Crippen LogP) is 2.52. The van der Waals surface area contributed by atoms with Gasteiger partial charge in [-0.3, -0.25) is 9.59 Å². The van der Waals surface area contributed by atoms with Gasteiger partial charge in [-0.1, -0.05) is 26.8 Å². The Labute approximate surface area is 138 Å². The summed E-state index contributed by atoms with van der Waals surface area (Å²) < 4.78 is 5.72. The maximum Gasteiger partial charge on any atom is 0.252 e. The van der Waals surface area contributed by atoms with Crippen molar-refractivity contribution in [2.24, 2.45) is 5.73 Å². The molecule has 0 saturated heterocycles. The number of primary amides is 1. The molecule has 0 aliphatic heterocycles. The minimum atomic E-state index is -0.585. The zero-order valence-electron chi connectivity index (χ0n) is 13.4. The summed E-state index contributed by atoms with van der Waals surface area (Å²) in [6.07, 6.45) is 0.356. The molecule has 0 saturated carbocycles. The van der Waals surface area contributed by atoms with Crippen molar-refractivity contribution in [3.8, 4) is 5.75 Å². The van der Waals surface area contributed by atoms with Crippen LogP contribution in [0.25, 0.3) is 0 Å². The van der Waals surface area contributed by atoms with Gasteiger partial charge in [0.2, 0.25) is 0 Å². The normalized spacial score (nSPS) is 10.2. The first-order chi connectivity index (χ1) is 10.0. The summed E-state index contributed by atoms with van der Waals surface area (Å²) in [4.78, 5) is 25.7. The van der Waals surface area contributed by atoms with Gasteiger partial charge in [0, 0.05) is 13.0 Å². The lowest BCUT2D eigenvalue weighted by Gasteiger charge is -2.19. The molecule has 1 rings (SSSR count). The highest BCUT2D eigenvalue weighted by Gasteiger charge is 2.18. The lowest BCUT2D eigenvalue weighted by molar-refractivity contribution is 0.0982. The molecule has 1 amide bonds. The van der Waals surface area contributed by atoms with Crippen molar-refractivity contribution in [1.82, 2.24) is 4.90 Å². The fourth-order valence-electron chi connectivity index (χ4n) is 2.11. The number of halogens is 1. The van der Waals surface area contributed by atoms with E-state index in [0.717, 1.165) is 19.6 Å². The SMILES string of the molecule is CCC(=O)c1cccc(C(N)=O)c1OCCN(CC)CC.Cl. The minimum absolute atomic E-state index is 0. The number of benzene rings is 1. The highest BCUT2D eigenvalue weighted by atomic mass is 35.5. The van der Waals surface area contributed by atoms with Crippen LogP contribution in [0.15, 0.2) is 18.2 Å². The van der Waals surface area contributed by atoms with Gasteiger partial charge in [-0.25, -0.2) is 0 Å². The summed E-state index contributed by atoms with van der Waals surface area (Å²) in [5.41, 5.74) is 6.05. The van der Waals surface area contributed by atoms with Crippen LogP contribution in [0.4, 0.5) is 0 Å². The van der Waals surface area contributed by atoms with Crippen LogP contribution < -0.4 is 10.5 Å². The molecule has 124 valence electrons. The Hall–Kier alpha value is -1.59.